The van der Waals surface area contributed by atoms with Gasteiger partial charge in [0.1, 0.15) is 11.4 Å². The number of nitrogens with zero attached hydrogens (tertiary/aromatic N) is 2. The third-order valence-electron chi connectivity index (χ3n) is 3.86. The maximum absolute atomic E-state index is 6.05. The molecule has 2 aromatic rings. The van der Waals surface area contributed by atoms with Crippen LogP contribution < -0.4 is 0 Å². The van der Waals surface area contributed by atoms with Crippen molar-refractivity contribution < 1.29 is 9.47 Å². The third-order valence-corrected chi connectivity index (χ3v) is 4.59. The summed E-state index contributed by atoms with van der Waals surface area (Å²) in [5, 5.41) is 0. The minimum absolute atomic E-state index is 0.276. The van der Waals surface area contributed by atoms with Crippen LogP contribution in [0.2, 0.25) is 0 Å². The van der Waals surface area contributed by atoms with Crippen LogP contribution in [-0.2, 0) is 21.9 Å². The highest BCUT2D eigenvalue weighted by Gasteiger charge is 2.36. The molecule has 0 aliphatic carbocycles. The number of ether oxygens (including phenoxy) is 2. The predicted octanol–water partition coefficient (Wildman–Crippen LogP) is 3.34. The molecule has 1 aliphatic rings. The summed E-state index contributed by atoms with van der Waals surface area (Å²) in [6.07, 6.45) is 0.890. The molecule has 0 amide bonds. The molecule has 108 valence electrons. The summed E-state index contributed by atoms with van der Waals surface area (Å²) in [7, 11) is 1.74. The van der Waals surface area contributed by atoms with Gasteiger partial charge >= 0.3 is 0 Å². The standard InChI is InChI=1S/C14H16BrClN2O2/c1-19-14(4-5-20-9-14)8-18-12-3-2-10(15)6-11(12)17-13(18)7-16/h2-3,6H,4-5,7-9H2,1H3. The normalized spacial score (nSPS) is 22.8. The zero-order valence-corrected chi connectivity index (χ0v) is 13.6. The van der Waals surface area contributed by atoms with E-state index in [0.29, 0.717) is 19.0 Å². The number of halogens is 2. The van der Waals surface area contributed by atoms with Gasteiger partial charge < -0.3 is 14.0 Å². The van der Waals surface area contributed by atoms with E-state index < -0.39 is 0 Å². The summed E-state index contributed by atoms with van der Waals surface area (Å²) in [5.41, 5.74) is 1.74. The van der Waals surface area contributed by atoms with E-state index >= 15 is 0 Å². The van der Waals surface area contributed by atoms with Gasteiger partial charge in [0.2, 0.25) is 0 Å². The van der Waals surface area contributed by atoms with Crippen molar-refractivity contribution in [2.24, 2.45) is 0 Å². The lowest BCUT2D eigenvalue weighted by Gasteiger charge is -2.27. The molecule has 1 fully saturated rings. The second-order valence-electron chi connectivity index (χ2n) is 5.07. The Balaban J connectivity index is 2.05. The summed E-state index contributed by atoms with van der Waals surface area (Å²) in [6, 6.07) is 6.08. The minimum atomic E-state index is -0.276. The highest BCUT2D eigenvalue weighted by molar-refractivity contribution is 9.10. The molecule has 20 heavy (non-hydrogen) atoms. The van der Waals surface area contributed by atoms with Gasteiger partial charge in [-0.3, -0.25) is 0 Å². The largest absolute Gasteiger partial charge is 0.378 e. The molecule has 1 unspecified atom stereocenters. The molecule has 6 heteroatoms. The molecule has 1 aliphatic heterocycles. The maximum atomic E-state index is 6.05. The van der Waals surface area contributed by atoms with E-state index in [9.17, 15) is 0 Å². The molecule has 0 bridgehead atoms. The molecule has 1 aromatic heterocycles. The molecule has 1 aromatic carbocycles. The van der Waals surface area contributed by atoms with Gasteiger partial charge in [-0.2, -0.15) is 0 Å². The topological polar surface area (TPSA) is 36.3 Å². The van der Waals surface area contributed by atoms with Gasteiger partial charge in [0, 0.05) is 24.6 Å². The van der Waals surface area contributed by atoms with Crippen molar-refractivity contribution in [2.45, 2.75) is 24.4 Å². The van der Waals surface area contributed by atoms with E-state index in [2.05, 4.69) is 31.5 Å². The average Bonchev–Trinajstić information content (AvgIpc) is 3.04. The van der Waals surface area contributed by atoms with Crippen LogP contribution in [0.4, 0.5) is 0 Å². The molecule has 0 saturated carbocycles. The van der Waals surface area contributed by atoms with Crippen molar-refractivity contribution in [3.8, 4) is 0 Å². The first-order valence-electron chi connectivity index (χ1n) is 6.51. The fraction of sp³-hybridized carbons (Fsp3) is 0.500. The van der Waals surface area contributed by atoms with Crippen LogP contribution in [0.1, 0.15) is 12.2 Å². The van der Waals surface area contributed by atoms with Crippen LogP contribution in [0.25, 0.3) is 11.0 Å². The zero-order chi connectivity index (χ0) is 14.2. The van der Waals surface area contributed by atoms with Crippen molar-refractivity contribution in [2.75, 3.05) is 20.3 Å². The lowest BCUT2D eigenvalue weighted by Crippen LogP contribution is -2.37. The van der Waals surface area contributed by atoms with E-state index in [1.807, 2.05) is 12.1 Å². The summed E-state index contributed by atoms with van der Waals surface area (Å²) < 4.78 is 14.4. The van der Waals surface area contributed by atoms with E-state index in [0.717, 1.165) is 34.4 Å². The SMILES string of the molecule is COC1(Cn2c(CCl)nc3cc(Br)ccc32)CCOC1. The van der Waals surface area contributed by atoms with Crippen LogP contribution in [0, 0.1) is 0 Å². The van der Waals surface area contributed by atoms with Gasteiger partial charge in [-0.05, 0) is 18.2 Å². The van der Waals surface area contributed by atoms with Crippen molar-refractivity contribution in [3.05, 3.63) is 28.5 Å². The first-order chi connectivity index (χ1) is 9.67. The Morgan fingerprint density at radius 1 is 1.55 bits per heavy atom. The van der Waals surface area contributed by atoms with Crippen LogP contribution >= 0.6 is 27.5 Å². The monoisotopic (exact) mass is 358 g/mol. The van der Waals surface area contributed by atoms with Gasteiger partial charge in [0.25, 0.3) is 0 Å². The number of benzene rings is 1. The van der Waals surface area contributed by atoms with Gasteiger partial charge in [-0.15, -0.1) is 11.6 Å². The van der Waals surface area contributed by atoms with Gasteiger partial charge in [0.05, 0.1) is 30.1 Å². The van der Waals surface area contributed by atoms with Crippen molar-refractivity contribution >= 4 is 38.6 Å². The fourth-order valence-electron chi connectivity index (χ4n) is 2.66. The van der Waals surface area contributed by atoms with Gasteiger partial charge in [-0.1, -0.05) is 15.9 Å². The smallest absolute Gasteiger partial charge is 0.124 e. The average molecular weight is 360 g/mol. The highest BCUT2D eigenvalue weighted by Crippen LogP contribution is 2.29. The van der Waals surface area contributed by atoms with E-state index in [-0.39, 0.29) is 5.60 Å². The lowest BCUT2D eigenvalue weighted by atomic mass is 10.0. The van der Waals surface area contributed by atoms with Crippen LogP contribution in [-0.4, -0.2) is 35.5 Å². The quantitative estimate of drug-likeness (QED) is 0.786. The summed E-state index contributed by atoms with van der Waals surface area (Å²) in [4.78, 5) is 4.60. The Bertz CT molecular complexity index is 623. The first-order valence-corrected chi connectivity index (χ1v) is 7.84. The number of methoxy groups -OCH3 is 1. The first kappa shape index (κ1) is 14.3. The predicted molar refractivity (Wildman–Crippen MR) is 82.2 cm³/mol. The Hall–Kier alpha value is -0.620. The van der Waals surface area contributed by atoms with Gasteiger partial charge in [0.15, 0.2) is 0 Å². The minimum Gasteiger partial charge on any atom is -0.378 e. The number of alkyl halides is 1. The molecular formula is C14H16BrClN2O2. The molecule has 2 heterocycles. The highest BCUT2D eigenvalue weighted by atomic mass is 79.9. The Morgan fingerprint density at radius 3 is 3.05 bits per heavy atom. The summed E-state index contributed by atoms with van der Waals surface area (Å²) >= 11 is 9.52. The van der Waals surface area contributed by atoms with E-state index in [4.69, 9.17) is 21.1 Å². The van der Waals surface area contributed by atoms with Crippen LogP contribution in [0.5, 0.6) is 0 Å². The zero-order valence-electron chi connectivity index (χ0n) is 11.2. The second-order valence-corrected chi connectivity index (χ2v) is 6.25. The molecule has 0 spiro atoms. The molecule has 1 atom stereocenters. The lowest BCUT2D eigenvalue weighted by molar-refractivity contribution is -0.0291. The number of imidazole rings is 1. The number of hydrogen-bond acceptors (Lipinski definition) is 3. The molecule has 0 radical (unpaired) electrons. The van der Waals surface area contributed by atoms with Crippen LogP contribution in [0.3, 0.4) is 0 Å². The van der Waals surface area contributed by atoms with Crippen LogP contribution in [0.15, 0.2) is 22.7 Å². The summed E-state index contributed by atoms with van der Waals surface area (Å²) in [5.74, 6) is 1.25. The Morgan fingerprint density at radius 2 is 2.40 bits per heavy atom. The maximum Gasteiger partial charge on any atom is 0.124 e. The molecule has 1 saturated heterocycles. The fourth-order valence-corrected chi connectivity index (χ4v) is 3.21. The number of rotatable bonds is 4. The number of hydrogen-bond donors (Lipinski definition) is 0. The molecule has 3 rings (SSSR count). The van der Waals surface area contributed by atoms with Gasteiger partial charge in [-0.25, -0.2) is 4.98 Å². The molecule has 4 nitrogen and oxygen atoms in total. The Labute approximate surface area is 131 Å². The van der Waals surface area contributed by atoms with Crippen molar-refractivity contribution in [1.29, 1.82) is 0 Å². The molecule has 0 N–H and O–H groups in total. The molecular weight excluding hydrogens is 344 g/mol. The Kier molecular flexibility index (Phi) is 4.04. The summed E-state index contributed by atoms with van der Waals surface area (Å²) in [6.45, 7) is 2.06. The third kappa shape index (κ3) is 2.48. The van der Waals surface area contributed by atoms with E-state index in [1.165, 1.54) is 0 Å². The number of aromatic nitrogens is 2. The second kappa shape index (κ2) is 5.64. The number of fused-ring (bicyclic) bond motifs is 1. The van der Waals surface area contributed by atoms with Crippen molar-refractivity contribution in [1.82, 2.24) is 9.55 Å². The van der Waals surface area contributed by atoms with E-state index in [1.54, 1.807) is 7.11 Å². The van der Waals surface area contributed by atoms with Crippen molar-refractivity contribution in [3.63, 3.8) is 0 Å².